The molecular formula is C16H21NOS. The van der Waals surface area contributed by atoms with Crippen LogP contribution in [0.4, 0.5) is 0 Å². The molecule has 0 atom stereocenters. The number of hydrogen-bond acceptors (Lipinski definition) is 3. The zero-order valence-electron chi connectivity index (χ0n) is 12.0. The molecule has 0 unspecified atom stereocenters. The van der Waals surface area contributed by atoms with Crippen LogP contribution in [0.2, 0.25) is 0 Å². The molecule has 0 aliphatic heterocycles. The Morgan fingerprint density at radius 2 is 1.74 bits per heavy atom. The molecule has 0 saturated carbocycles. The maximum atomic E-state index is 10.2. The maximum absolute atomic E-state index is 10.2. The maximum Gasteiger partial charge on any atom is 0.123 e. The molecule has 2 nitrogen and oxygen atoms in total. The predicted molar refractivity (Wildman–Crippen MR) is 81.6 cm³/mol. The molecule has 1 heterocycles. The highest BCUT2D eigenvalue weighted by molar-refractivity contribution is 7.15. The Bertz CT molecular complexity index is 549. The van der Waals surface area contributed by atoms with Gasteiger partial charge in [-0.25, -0.2) is 4.98 Å². The lowest BCUT2D eigenvalue weighted by molar-refractivity contribution is 0.0814. The summed E-state index contributed by atoms with van der Waals surface area (Å²) < 4.78 is 0. The van der Waals surface area contributed by atoms with Crippen LogP contribution in [0.15, 0.2) is 24.3 Å². The van der Waals surface area contributed by atoms with E-state index in [0.29, 0.717) is 0 Å². The molecule has 0 amide bonds. The van der Waals surface area contributed by atoms with E-state index in [1.807, 2.05) is 13.8 Å². The molecule has 102 valence electrons. The van der Waals surface area contributed by atoms with Crippen LogP contribution in [0.5, 0.6) is 0 Å². The third kappa shape index (κ3) is 3.04. The van der Waals surface area contributed by atoms with Gasteiger partial charge in [0.15, 0.2) is 0 Å². The zero-order chi connectivity index (χ0) is 14.0. The van der Waals surface area contributed by atoms with Gasteiger partial charge in [0, 0.05) is 5.56 Å². The van der Waals surface area contributed by atoms with Crippen LogP contribution in [0, 0.1) is 0 Å². The molecule has 1 aromatic carbocycles. The van der Waals surface area contributed by atoms with Gasteiger partial charge in [-0.3, -0.25) is 0 Å². The minimum atomic E-state index is -0.815. The van der Waals surface area contributed by atoms with Crippen LogP contribution in [0.1, 0.15) is 43.8 Å². The van der Waals surface area contributed by atoms with Crippen LogP contribution in [-0.2, 0) is 18.4 Å². The number of hydrogen-bond donors (Lipinski definition) is 1. The van der Waals surface area contributed by atoms with Crippen molar-refractivity contribution in [2.24, 2.45) is 0 Å². The van der Waals surface area contributed by atoms with E-state index in [1.165, 1.54) is 5.56 Å². The van der Waals surface area contributed by atoms with E-state index in [1.54, 1.807) is 11.3 Å². The normalized spacial score (nSPS) is 11.8. The standard InChI is InChI=1S/C16H21NOS/c1-5-11-7-9-12(10-8-11)15-17-13(6-2)14(19-15)16(3,4)18/h7-10,18H,5-6H2,1-4H3. The van der Waals surface area contributed by atoms with E-state index >= 15 is 0 Å². The monoisotopic (exact) mass is 275 g/mol. The van der Waals surface area contributed by atoms with E-state index in [-0.39, 0.29) is 0 Å². The fraction of sp³-hybridized carbons (Fsp3) is 0.438. The Morgan fingerprint density at radius 3 is 2.16 bits per heavy atom. The van der Waals surface area contributed by atoms with Gasteiger partial charge in [0.05, 0.1) is 16.2 Å². The molecule has 0 spiro atoms. The summed E-state index contributed by atoms with van der Waals surface area (Å²) in [6.07, 6.45) is 1.90. The van der Waals surface area contributed by atoms with Gasteiger partial charge in [0.2, 0.25) is 0 Å². The summed E-state index contributed by atoms with van der Waals surface area (Å²) in [5, 5.41) is 11.2. The number of aliphatic hydroxyl groups is 1. The summed E-state index contributed by atoms with van der Waals surface area (Å²) in [5.74, 6) is 0. The van der Waals surface area contributed by atoms with Crippen LogP contribution >= 0.6 is 11.3 Å². The van der Waals surface area contributed by atoms with E-state index in [0.717, 1.165) is 34.0 Å². The van der Waals surface area contributed by atoms with Gasteiger partial charge < -0.3 is 5.11 Å². The van der Waals surface area contributed by atoms with E-state index in [2.05, 4.69) is 43.1 Å². The number of nitrogens with zero attached hydrogens (tertiary/aromatic N) is 1. The summed E-state index contributed by atoms with van der Waals surface area (Å²) in [6, 6.07) is 8.52. The van der Waals surface area contributed by atoms with Crippen LogP contribution in [0.3, 0.4) is 0 Å². The average molecular weight is 275 g/mol. The first-order valence-corrected chi connectivity index (χ1v) is 7.59. The lowest BCUT2D eigenvalue weighted by atomic mass is 10.1. The van der Waals surface area contributed by atoms with Gasteiger partial charge in [-0.1, -0.05) is 38.1 Å². The van der Waals surface area contributed by atoms with Crippen molar-refractivity contribution in [2.75, 3.05) is 0 Å². The summed E-state index contributed by atoms with van der Waals surface area (Å²) >= 11 is 1.60. The second-order valence-electron chi connectivity index (χ2n) is 5.26. The lowest BCUT2D eigenvalue weighted by Crippen LogP contribution is -2.15. The SMILES string of the molecule is CCc1ccc(-c2nc(CC)c(C(C)(C)O)s2)cc1. The topological polar surface area (TPSA) is 33.1 Å². The van der Waals surface area contributed by atoms with Crippen molar-refractivity contribution in [3.05, 3.63) is 40.4 Å². The van der Waals surface area contributed by atoms with Crippen molar-refractivity contribution < 1.29 is 5.11 Å². The Morgan fingerprint density at radius 1 is 1.11 bits per heavy atom. The highest BCUT2D eigenvalue weighted by Gasteiger charge is 2.24. The number of benzene rings is 1. The third-order valence-electron chi connectivity index (χ3n) is 3.20. The smallest absolute Gasteiger partial charge is 0.123 e. The van der Waals surface area contributed by atoms with E-state index < -0.39 is 5.60 Å². The number of aryl methyl sites for hydroxylation is 2. The number of thiazole rings is 1. The zero-order valence-corrected chi connectivity index (χ0v) is 12.8. The van der Waals surface area contributed by atoms with Gasteiger partial charge in [0.25, 0.3) is 0 Å². The van der Waals surface area contributed by atoms with E-state index in [4.69, 9.17) is 0 Å². The Balaban J connectivity index is 2.42. The van der Waals surface area contributed by atoms with Crippen LogP contribution < -0.4 is 0 Å². The molecule has 0 radical (unpaired) electrons. The fourth-order valence-corrected chi connectivity index (χ4v) is 3.24. The van der Waals surface area contributed by atoms with Crippen molar-refractivity contribution in [1.29, 1.82) is 0 Å². The molecule has 1 aromatic heterocycles. The van der Waals surface area contributed by atoms with Gasteiger partial charge in [-0.2, -0.15) is 0 Å². The van der Waals surface area contributed by atoms with Gasteiger partial charge >= 0.3 is 0 Å². The molecule has 3 heteroatoms. The number of aromatic nitrogens is 1. The van der Waals surface area contributed by atoms with Gasteiger partial charge in [0.1, 0.15) is 5.01 Å². The molecule has 2 rings (SSSR count). The molecule has 0 aliphatic carbocycles. The van der Waals surface area contributed by atoms with Crippen molar-refractivity contribution in [3.63, 3.8) is 0 Å². The average Bonchev–Trinajstić information content (AvgIpc) is 2.83. The summed E-state index contributed by atoms with van der Waals surface area (Å²) in [4.78, 5) is 5.66. The Kier molecular flexibility index (Phi) is 4.07. The fourth-order valence-electron chi connectivity index (χ4n) is 2.08. The van der Waals surface area contributed by atoms with Crippen molar-refractivity contribution in [2.45, 2.75) is 46.1 Å². The summed E-state index contributed by atoms with van der Waals surface area (Å²) in [5.41, 5.74) is 2.66. The Labute approximate surface area is 119 Å². The summed E-state index contributed by atoms with van der Waals surface area (Å²) in [6.45, 7) is 7.88. The second kappa shape index (κ2) is 5.43. The molecule has 0 fully saturated rings. The minimum absolute atomic E-state index is 0.815. The predicted octanol–water partition coefficient (Wildman–Crippen LogP) is 4.16. The minimum Gasteiger partial charge on any atom is -0.385 e. The largest absolute Gasteiger partial charge is 0.385 e. The van der Waals surface area contributed by atoms with Crippen molar-refractivity contribution >= 4 is 11.3 Å². The van der Waals surface area contributed by atoms with Crippen LogP contribution in [0.25, 0.3) is 10.6 Å². The molecule has 0 bridgehead atoms. The second-order valence-corrected chi connectivity index (χ2v) is 6.26. The van der Waals surface area contributed by atoms with Crippen molar-refractivity contribution in [1.82, 2.24) is 4.98 Å². The highest BCUT2D eigenvalue weighted by atomic mass is 32.1. The number of rotatable bonds is 4. The van der Waals surface area contributed by atoms with Gasteiger partial charge in [-0.05, 0) is 32.3 Å². The lowest BCUT2D eigenvalue weighted by Gasteiger charge is -2.15. The van der Waals surface area contributed by atoms with Gasteiger partial charge in [-0.15, -0.1) is 11.3 Å². The molecule has 19 heavy (non-hydrogen) atoms. The molecule has 0 saturated heterocycles. The summed E-state index contributed by atoms with van der Waals surface area (Å²) in [7, 11) is 0. The first-order chi connectivity index (χ1) is 8.95. The molecule has 2 aromatic rings. The van der Waals surface area contributed by atoms with Crippen LogP contribution in [-0.4, -0.2) is 10.1 Å². The molecule has 0 aliphatic rings. The van der Waals surface area contributed by atoms with E-state index in [9.17, 15) is 5.11 Å². The Hall–Kier alpha value is -1.19. The van der Waals surface area contributed by atoms with Crippen molar-refractivity contribution in [3.8, 4) is 10.6 Å². The highest BCUT2D eigenvalue weighted by Crippen LogP contribution is 2.35. The first kappa shape index (κ1) is 14.2. The molecule has 1 N–H and O–H groups in total. The first-order valence-electron chi connectivity index (χ1n) is 6.77. The molecular weight excluding hydrogens is 254 g/mol. The third-order valence-corrected chi connectivity index (χ3v) is 4.66. The quantitative estimate of drug-likeness (QED) is 0.908.